The monoisotopic (exact) mass is 532 g/mol. The minimum absolute atomic E-state index is 0.223. The maximum Gasteiger partial charge on any atom is 0.333 e. The molecular weight excluding hydrogens is 513 g/mol. The molecule has 36 heavy (non-hydrogen) atoms. The minimum atomic E-state index is -2.72. The summed E-state index contributed by atoms with van der Waals surface area (Å²) in [5, 5.41) is 14.7. The Morgan fingerprint density at radius 3 is 2.78 bits per heavy atom. The number of rotatable bonds is 7. The highest BCUT2D eigenvalue weighted by molar-refractivity contribution is 6.42. The van der Waals surface area contributed by atoms with Crippen molar-refractivity contribution in [2.24, 2.45) is 0 Å². The number of H-pyrrole nitrogens is 1. The highest BCUT2D eigenvalue weighted by Gasteiger charge is 2.19. The van der Waals surface area contributed by atoms with E-state index in [2.05, 4.69) is 36.0 Å². The Hall–Kier alpha value is -3.48. The van der Waals surface area contributed by atoms with Crippen LogP contribution in [-0.4, -0.2) is 53.2 Å². The molecule has 0 amide bonds. The van der Waals surface area contributed by atoms with Crippen molar-refractivity contribution in [1.29, 1.82) is 0 Å². The highest BCUT2D eigenvalue weighted by Crippen LogP contribution is 2.29. The molecule has 186 valence electrons. The predicted octanol–water partition coefficient (Wildman–Crippen LogP) is 4.56. The van der Waals surface area contributed by atoms with Gasteiger partial charge >= 0.3 is 6.55 Å². The van der Waals surface area contributed by atoms with E-state index in [4.69, 9.17) is 28.2 Å². The Morgan fingerprint density at radius 1 is 1.14 bits per heavy atom. The van der Waals surface area contributed by atoms with Crippen LogP contribution < -0.4 is 16.0 Å². The van der Waals surface area contributed by atoms with E-state index in [1.165, 1.54) is 12.4 Å². The number of anilines is 2. The molecule has 5 aromatic rings. The molecule has 0 bridgehead atoms. The van der Waals surface area contributed by atoms with Gasteiger partial charge in [0, 0.05) is 24.3 Å². The standard InChI is InChI=1S/C22H20Cl2F2N10/c23-13-3-15-16(4-14(13)24)33-18(32-15)8-28-20-21-29-7-17(11-5-30-36(9-11)22(25)26)35(21)10-19(34-20)31-12-1-2-27-6-12/h3-5,7,9-10,12,22,27,31H,1-2,6,8H2,(H,28,34)(H,32,33)/t12-/m1/s1. The Labute approximate surface area is 213 Å². The number of halogens is 4. The van der Waals surface area contributed by atoms with Crippen molar-refractivity contribution in [1.82, 2.24) is 39.4 Å². The second-order valence-electron chi connectivity index (χ2n) is 8.45. The predicted molar refractivity (Wildman–Crippen MR) is 134 cm³/mol. The summed E-state index contributed by atoms with van der Waals surface area (Å²) in [6, 6.07) is 3.66. The van der Waals surface area contributed by atoms with Crippen molar-refractivity contribution < 1.29 is 8.78 Å². The molecule has 4 N–H and O–H groups in total. The summed E-state index contributed by atoms with van der Waals surface area (Å²) in [7, 11) is 0. The van der Waals surface area contributed by atoms with Gasteiger partial charge in [0.2, 0.25) is 0 Å². The number of alkyl halides is 2. The van der Waals surface area contributed by atoms with E-state index < -0.39 is 6.55 Å². The number of aromatic amines is 1. The first-order chi connectivity index (χ1) is 17.4. The third kappa shape index (κ3) is 4.31. The minimum Gasteiger partial charge on any atom is -0.365 e. The Kier molecular flexibility index (Phi) is 5.86. The molecular formula is C22H20Cl2F2N10. The third-order valence-corrected chi connectivity index (χ3v) is 6.72. The zero-order valence-electron chi connectivity index (χ0n) is 18.6. The molecule has 5 heterocycles. The van der Waals surface area contributed by atoms with Gasteiger partial charge in [-0.1, -0.05) is 23.2 Å². The van der Waals surface area contributed by atoms with Crippen LogP contribution in [0, 0.1) is 0 Å². The summed E-state index contributed by atoms with van der Waals surface area (Å²) >= 11 is 12.2. The van der Waals surface area contributed by atoms with E-state index in [1.807, 2.05) is 10.6 Å². The summed E-state index contributed by atoms with van der Waals surface area (Å²) in [6.07, 6.45) is 7.07. The van der Waals surface area contributed by atoms with Gasteiger partial charge < -0.3 is 20.9 Å². The van der Waals surface area contributed by atoms with E-state index in [-0.39, 0.29) is 6.04 Å². The van der Waals surface area contributed by atoms with Crippen molar-refractivity contribution in [3.8, 4) is 11.3 Å². The highest BCUT2D eigenvalue weighted by atomic mass is 35.5. The Morgan fingerprint density at radius 2 is 2.00 bits per heavy atom. The SMILES string of the molecule is FC(F)n1cc(-c2cnc3c(NCc4nc5cc(Cl)c(Cl)cc5[nH]4)nc(N[C@@H]4CCNC4)cn23)cn1. The molecule has 14 heteroatoms. The lowest BCUT2D eigenvalue weighted by Crippen LogP contribution is -2.23. The van der Waals surface area contributed by atoms with Crippen molar-refractivity contribution in [3.05, 3.63) is 52.8 Å². The normalized spacial score (nSPS) is 16.0. The van der Waals surface area contributed by atoms with Gasteiger partial charge in [-0.2, -0.15) is 13.9 Å². The number of fused-ring (bicyclic) bond motifs is 2. The largest absolute Gasteiger partial charge is 0.365 e. The zero-order valence-corrected chi connectivity index (χ0v) is 20.2. The molecule has 0 aliphatic carbocycles. The van der Waals surface area contributed by atoms with Crippen molar-refractivity contribution in [3.63, 3.8) is 0 Å². The fourth-order valence-electron chi connectivity index (χ4n) is 4.26. The lowest BCUT2D eigenvalue weighted by atomic mass is 10.2. The summed E-state index contributed by atoms with van der Waals surface area (Å²) < 4.78 is 28.6. The number of hydrogen-bond acceptors (Lipinski definition) is 7. The van der Waals surface area contributed by atoms with Crippen molar-refractivity contribution in [2.45, 2.75) is 25.6 Å². The van der Waals surface area contributed by atoms with E-state index in [1.54, 1.807) is 18.3 Å². The average molecular weight is 533 g/mol. The van der Waals surface area contributed by atoms with Gasteiger partial charge in [0.05, 0.1) is 51.9 Å². The van der Waals surface area contributed by atoms with E-state index in [9.17, 15) is 8.78 Å². The number of hydrogen-bond donors (Lipinski definition) is 4. The second kappa shape index (κ2) is 9.19. The summed E-state index contributed by atoms with van der Waals surface area (Å²) in [6.45, 7) is -0.650. The fourth-order valence-corrected chi connectivity index (χ4v) is 4.58. The molecule has 6 rings (SSSR count). The molecule has 0 spiro atoms. The van der Waals surface area contributed by atoms with Crippen LogP contribution >= 0.6 is 23.2 Å². The van der Waals surface area contributed by atoms with Gasteiger partial charge in [0.25, 0.3) is 0 Å². The van der Waals surface area contributed by atoms with E-state index in [0.29, 0.717) is 61.2 Å². The molecule has 0 unspecified atom stereocenters. The van der Waals surface area contributed by atoms with Crippen LogP contribution in [0.15, 0.2) is 36.9 Å². The smallest absolute Gasteiger partial charge is 0.333 e. The van der Waals surface area contributed by atoms with E-state index in [0.717, 1.165) is 25.0 Å². The molecule has 1 fully saturated rings. The molecule has 0 radical (unpaired) electrons. The molecule has 1 aliphatic rings. The molecule has 1 atom stereocenters. The van der Waals surface area contributed by atoms with Crippen LogP contribution in [0.4, 0.5) is 20.4 Å². The van der Waals surface area contributed by atoms with Crippen LogP contribution in [0.1, 0.15) is 18.8 Å². The molecule has 10 nitrogen and oxygen atoms in total. The first kappa shape index (κ1) is 23.0. The topological polar surface area (TPSA) is 113 Å². The van der Waals surface area contributed by atoms with Gasteiger partial charge in [0.1, 0.15) is 11.6 Å². The summed E-state index contributed by atoms with van der Waals surface area (Å²) in [4.78, 5) is 17.0. The number of nitrogens with one attached hydrogen (secondary N) is 4. The molecule has 0 saturated carbocycles. The van der Waals surface area contributed by atoms with Gasteiger partial charge in [-0.25, -0.2) is 19.6 Å². The first-order valence-electron chi connectivity index (χ1n) is 11.2. The van der Waals surface area contributed by atoms with Gasteiger partial charge in [-0.3, -0.25) is 4.40 Å². The van der Waals surface area contributed by atoms with E-state index >= 15 is 0 Å². The summed E-state index contributed by atoms with van der Waals surface area (Å²) in [5.41, 5.74) is 3.12. The second-order valence-corrected chi connectivity index (χ2v) is 9.27. The van der Waals surface area contributed by atoms with Crippen LogP contribution in [0.25, 0.3) is 27.9 Å². The maximum atomic E-state index is 13.1. The summed E-state index contributed by atoms with van der Waals surface area (Å²) in [5.74, 6) is 1.80. The average Bonchev–Trinajstić information content (AvgIpc) is 3.64. The van der Waals surface area contributed by atoms with Crippen LogP contribution in [0.2, 0.25) is 10.0 Å². The lowest BCUT2D eigenvalue weighted by molar-refractivity contribution is 0.0566. The third-order valence-electron chi connectivity index (χ3n) is 6.00. The van der Waals surface area contributed by atoms with Crippen molar-refractivity contribution in [2.75, 3.05) is 23.7 Å². The quantitative estimate of drug-likeness (QED) is 0.243. The Bertz CT molecular complexity index is 1510. The van der Waals surface area contributed by atoms with Gasteiger partial charge in [-0.05, 0) is 25.1 Å². The van der Waals surface area contributed by atoms with Crippen LogP contribution in [0.3, 0.4) is 0 Å². The number of aromatic nitrogens is 7. The first-order valence-corrected chi connectivity index (χ1v) is 12.0. The number of nitrogens with zero attached hydrogens (tertiary/aromatic N) is 6. The Balaban J connectivity index is 1.35. The number of benzene rings is 1. The van der Waals surface area contributed by atoms with Gasteiger partial charge in [0.15, 0.2) is 11.5 Å². The van der Waals surface area contributed by atoms with Crippen molar-refractivity contribution >= 4 is 51.5 Å². The fraction of sp³-hybridized carbons (Fsp3) is 0.273. The lowest BCUT2D eigenvalue weighted by Gasteiger charge is -2.15. The zero-order chi connectivity index (χ0) is 24.8. The molecule has 1 saturated heterocycles. The maximum absolute atomic E-state index is 13.1. The van der Waals surface area contributed by atoms with Crippen LogP contribution in [0.5, 0.6) is 0 Å². The molecule has 1 aromatic carbocycles. The van der Waals surface area contributed by atoms with Gasteiger partial charge in [-0.15, -0.1) is 0 Å². The van der Waals surface area contributed by atoms with Crippen LogP contribution in [-0.2, 0) is 6.54 Å². The molecule has 4 aromatic heterocycles. The number of imidazole rings is 2. The molecule has 1 aliphatic heterocycles.